The Balaban J connectivity index is 3.80. The lowest BCUT2D eigenvalue weighted by molar-refractivity contribution is -0.158. The Bertz CT molecular complexity index is 364. The summed E-state index contributed by atoms with van der Waals surface area (Å²) in [6.07, 6.45) is -0.0828. The summed E-state index contributed by atoms with van der Waals surface area (Å²) >= 11 is 0. The molecule has 0 bridgehead atoms. The van der Waals surface area contributed by atoms with E-state index in [2.05, 4.69) is 6.58 Å². The van der Waals surface area contributed by atoms with Crippen LogP contribution >= 0.6 is 0 Å². The van der Waals surface area contributed by atoms with Crippen molar-refractivity contribution < 1.29 is 33.7 Å². The normalized spacial score (nSPS) is 12.9. The SMILES string of the molecule is C=CC(=O)OCC(C)OC(=O)CCC(=O)OCC(O)CC. The molecule has 2 atom stereocenters. The third kappa shape index (κ3) is 10.5. The van der Waals surface area contributed by atoms with Gasteiger partial charge < -0.3 is 19.3 Å². The predicted molar refractivity (Wildman–Crippen MR) is 73.2 cm³/mol. The molecular weight excluding hydrogens is 280 g/mol. The highest BCUT2D eigenvalue weighted by atomic mass is 16.6. The van der Waals surface area contributed by atoms with Gasteiger partial charge in [-0.15, -0.1) is 0 Å². The first kappa shape index (κ1) is 19.1. The smallest absolute Gasteiger partial charge is 0.330 e. The minimum absolute atomic E-state index is 0.0796. The molecule has 0 rings (SSSR count). The van der Waals surface area contributed by atoms with E-state index in [4.69, 9.17) is 14.2 Å². The fraction of sp³-hybridized carbons (Fsp3) is 0.643. The van der Waals surface area contributed by atoms with Gasteiger partial charge in [-0.25, -0.2) is 4.79 Å². The van der Waals surface area contributed by atoms with Crippen LogP contribution < -0.4 is 0 Å². The number of ether oxygens (including phenoxy) is 3. The van der Waals surface area contributed by atoms with Gasteiger partial charge in [0.15, 0.2) is 0 Å². The lowest BCUT2D eigenvalue weighted by atomic mass is 10.3. The fourth-order valence-electron chi connectivity index (χ4n) is 1.16. The van der Waals surface area contributed by atoms with Gasteiger partial charge >= 0.3 is 17.9 Å². The van der Waals surface area contributed by atoms with Crippen LogP contribution in [0.5, 0.6) is 0 Å². The quantitative estimate of drug-likeness (QED) is 0.361. The highest BCUT2D eigenvalue weighted by molar-refractivity contribution is 5.81. The van der Waals surface area contributed by atoms with Crippen LogP contribution in [0.3, 0.4) is 0 Å². The van der Waals surface area contributed by atoms with Crippen molar-refractivity contribution in [1.82, 2.24) is 0 Å². The molecule has 0 fully saturated rings. The maximum absolute atomic E-state index is 11.4. The molecule has 2 unspecified atom stereocenters. The summed E-state index contributed by atoms with van der Waals surface area (Å²) in [5.41, 5.74) is 0. The molecule has 0 aliphatic rings. The van der Waals surface area contributed by atoms with E-state index in [9.17, 15) is 19.5 Å². The number of hydrogen-bond acceptors (Lipinski definition) is 7. The van der Waals surface area contributed by atoms with Crippen LogP contribution in [0.25, 0.3) is 0 Å². The van der Waals surface area contributed by atoms with E-state index in [1.54, 1.807) is 13.8 Å². The van der Waals surface area contributed by atoms with E-state index in [0.717, 1.165) is 6.08 Å². The van der Waals surface area contributed by atoms with Gasteiger partial charge in [0.2, 0.25) is 0 Å². The number of esters is 3. The average molecular weight is 302 g/mol. The van der Waals surface area contributed by atoms with E-state index in [1.165, 1.54) is 0 Å². The van der Waals surface area contributed by atoms with Crippen molar-refractivity contribution in [1.29, 1.82) is 0 Å². The maximum atomic E-state index is 11.4. The Morgan fingerprint density at radius 3 is 2.33 bits per heavy atom. The largest absolute Gasteiger partial charge is 0.463 e. The van der Waals surface area contributed by atoms with Crippen molar-refractivity contribution in [2.75, 3.05) is 13.2 Å². The standard InChI is InChI=1S/C14H22O7/c1-4-11(15)9-20-13(17)6-7-14(18)21-10(3)8-19-12(16)5-2/h5,10-11,15H,2,4,6-9H2,1,3H3. The molecule has 1 N–H and O–H groups in total. The molecule has 0 spiro atoms. The second-order valence-electron chi connectivity index (χ2n) is 4.38. The zero-order valence-electron chi connectivity index (χ0n) is 12.4. The molecule has 0 aromatic rings. The molecular formula is C14H22O7. The molecule has 7 heteroatoms. The molecule has 0 saturated carbocycles. The van der Waals surface area contributed by atoms with Gasteiger partial charge in [0.05, 0.1) is 18.9 Å². The molecule has 21 heavy (non-hydrogen) atoms. The second kappa shape index (κ2) is 10.8. The topological polar surface area (TPSA) is 99.1 Å². The average Bonchev–Trinajstić information content (AvgIpc) is 2.47. The zero-order valence-corrected chi connectivity index (χ0v) is 12.4. The van der Waals surface area contributed by atoms with Crippen molar-refractivity contribution in [2.24, 2.45) is 0 Å². The van der Waals surface area contributed by atoms with Gasteiger partial charge in [-0.1, -0.05) is 13.5 Å². The Morgan fingerprint density at radius 2 is 1.76 bits per heavy atom. The Labute approximate surface area is 123 Å². The maximum Gasteiger partial charge on any atom is 0.330 e. The monoisotopic (exact) mass is 302 g/mol. The van der Waals surface area contributed by atoms with Crippen molar-refractivity contribution >= 4 is 17.9 Å². The summed E-state index contributed by atoms with van der Waals surface area (Å²) in [7, 11) is 0. The first-order chi connectivity index (χ1) is 9.88. The van der Waals surface area contributed by atoms with Gasteiger partial charge in [0, 0.05) is 6.08 Å². The van der Waals surface area contributed by atoms with Gasteiger partial charge in [-0.05, 0) is 13.3 Å². The lowest BCUT2D eigenvalue weighted by Crippen LogP contribution is -2.23. The number of hydrogen-bond donors (Lipinski definition) is 1. The van der Waals surface area contributed by atoms with Gasteiger partial charge in [-0.3, -0.25) is 9.59 Å². The molecule has 0 amide bonds. The molecule has 0 aromatic heterocycles. The summed E-state index contributed by atoms with van der Waals surface area (Å²) < 4.78 is 14.4. The van der Waals surface area contributed by atoms with Gasteiger partial charge in [-0.2, -0.15) is 0 Å². The van der Waals surface area contributed by atoms with Gasteiger partial charge in [0.1, 0.15) is 19.3 Å². The number of aliphatic hydroxyl groups excluding tert-OH is 1. The van der Waals surface area contributed by atoms with Crippen LogP contribution in [0, 0.1) is 0 Å². The molecule has 0 aliphatic carbocycles. The van der Waals surface area contributed by atoms with Crippen molar-refractivity contribution in [3.63, 3.8) is 0 Å². The first-order valence-electron chi connectivity index (χ1n) is 6.71. The highest BCUT2D eigenvalue weighted by Crippen LogP contribution is 2.01. The number of carbonyl (C=O) groups is 3. The minimum Gasteiger partial charge on any atom is -0.463 e. The van der Waals surface area contributed by atoms with Gasteiger partial charge in [0.25, 0.3) is 0 Å². The predicted octanol–water partition coefficient (Wildman–Crippen LogP) is 0.742. The van der Waals surface area contributed by atoms with E-state index < -0.39 is 30.1 Å². The summed E-state index contributed by atoms with van der Waals surface area (Å²) in [5.74, 6) is -1.77. The van der Waals surface area contributed by atoms with E-state index >= 15 is 0 Å². The minimum atomic E-state index is -0.694. The summed E-state index contributed by atoms with van der Waals surface area (Å²) in [6.45, 7) is 6.39. The Morgan fingerprint density at radius 1 is 1.14 bits per heavy atom. The van der Waals surface area contributed by atoms with Crippen molar-refractivity contribution in [3.05, 3.63) is 12.7 Å². The third-order valence-corrected chi connectivity index (χ3v) is 2.40. The zero-order chi connectivity index (χ0) is 16.3. The molecule has 0 aliphatic heterocycles. The fourth-order valence-corrected chi connectivity index (χ4v) is 1.16. The number of carbonyl (C=O) groups excluding carboxylic acids is 3. The molecule has 0 radical (unpaired) electrons. The van der Waals surface area contributed by atoms with Crippen LogP contribution in [0.4, 0.5) is 0 Å². The summed E-state index contributed by atoms with van der Waals surface area (Å²) in [6, 6.07) is 0. The number of rotatable bonds is 10. The van der Waals surface area contributed by atoms with Crippen LogP contribution in [0.15, 0.2) is 12.7 Å². The second-order valence-corrected chi connectivity index (χ2v) is 4.38. The Hall–Kier alpha value is -1.89. The van der Waals surface area contributed by atoms with Crippen molar-refractivity contribution in [2.45, 2.75) is 45.3 Å². The van der Waals surface area contributed by atoms with Crippen molar-refractivity contribution in [3.8, 4) is 0 Å². The first-order valence-corrected chi connectivity index (χ1v) is 6.71. The third-order valence-electron chi connectivity index (χ3n) is 2.40. The van der Waals surface area contributed by atoms with E-state index in [1.807, 2.05) is 0 Å². The van der Waals surface area contributed by atoms with Crippen LogP contribution in [0.2, 0.25) is 0 Å². The lowest BCUT2D eigenvalue weighted by Gasteiger charge is -2.13. The molecule has 0 heterocycles. The number of aliphatic hydroxyl groups is 1. The summed E-state index contributed by atoms with van der Waals surface area (Å²) in [4.78, 5) is 33.5. The van der Waals surface area contributed by atoms with Crippen LogP contribution in [-0.2, 0) is 28.6 Å². The molecule has 0 aromatic carbocycles. The van der Waals surface area contributed by atoms with Crippen LogP contribution in [-0.4, -0.2) is 48.4 Å². The van der Waals surface area contributed by atoms with Crippen LogP contribution in [0.1, 0.15) is 33.1 Å². The van der Waals surface area contributed by atoms with E-state index in [0.29, 0.717) is 6.42 Å². The summed E-state index contributed by atoms with van der Waals surface area (Å²) in [5, 5.41) is 9.21. The molecule has 0 saturated heterocycles. The molecule has 7 nitrogen and oxygen atoms in total. The highest BCUT2D eigenvalue weighted by Gasteiger charge is 2.14. The van der Waals surface area contributed by atoms with E-state index in [-0.39, 0.29) is 26.1 Å². The molecule has 120 valence electrons. The Kier molecular flexibility index (Phi) is 9.87.